The molecule has 2 rings (SSSR count). The highest BCUT2D eigenvalue weighted by molar-refractivity contribution is 7.92. The number of sulfonamides is 1. The van der Waals surface area contributed by atoms with E-state index in [1.165, 1.54) is 0 Å². The molecule has 0 fully saturated rings. The van der Waals surface area contributed by atoms with Gasteiger partial charge in [0.15, 0.2) is 14.4 Å². The van der Waals surface area contributed by atoms with Crippen LogP contribution in [0.5, 0.6) is 11.5 Å². The SMILES string of the molecule is CC(C)(C)[Si](C)(C)O[C@H](CN(c1ccc(Oc2ccc(Cl)cc2)cc1)S(C)(=O)=O)C(=O)O. The van der Waals surface area contributed by atoms with Gasteiger partial charge in [-0.1, -0.05) is 32.4 Å². The molecule has 0 aliphatic carbocycles. The summed E-state index contributed by atoms with van der Waals surface area (Å²) in [5, 5.41) is 10.1. The van der Waals surface area contributed by atoms with E-state index in [0.717, 1.165) is 10.6 Å². The van der Waals surface area contributed by atoms with Crippen LogP contribution in [0.1, 0.15) is 20.8 Å². The zero-order valence-corrected chi connectivity index (χ0v) is 21.7. The van der Waals surface area contributed by atoms with Gasteiger partial charge in [-0.25, -0.2) is 13.2 Å². The molecule has 2 aromatic carbocycles. The molecule has 2 aromatic rings. The third-order valence-corrected chi connectivity index (χ3v) is 11.3. The quantitative estimate of drug-likeness (QED) is 0.466. The average molecular weight is 500 g/mol. The second-order valence-corrected chi connectivity index (χ2v) is 16.1. The van der Waals surface area contributed by atoms with Crippen molar-refractivity contribution in [1.29, 1.82) is 0 Å². The molecule has 0 unspecified atom stereocenters. The van der Waals surface area contributed by atoms with Crippen LogP contribution < -0.4 is 9.04 Å². The molecule has 0 radical (unpaired) electrons. The lowest BCUT2D eigenvalue weighted by atomic mass is 10.2. The van der Waals surface area contributed by atoms with Gasteiger partial charge in [-0.15, -0.1) is 0 Å². The number of hydrogen-bond acceptors (Lipinski definition) is 5. The van der Waals surface area contributed by atoms with Crippen molar-refractivity contribution in [2.45, 2.75) is 45.0 Å². The van der Waals surface area contributed by atoms with Crippen molar-refractivity contribution in [1.82, 2.24) is 0 Å². The summed E-state index contributed by atoms with van der Waals surface area (Å²) in [5.74, 6) is -0.126. The molecule has 0 saturated heterocycles. The number of halogens is 1. The van der Waals surface area contributed by atoms with Gasteiger partial charge in [0, 0.05) is 5.02 Å². The Bertz CT molecular complexity index is 1030. The van der Waals surface area contributed by atoms with E-state index < -0.39 is 30.4 Å². The molecule has 32 heavy (non-hydrogen) atoms. The molecule has 1 atom stereocenters. The predicted octanol–water partition coefficient (Wildman–Crippen LogP) is 5.37. The maximum absolute atomic E-state index is 12.5. The number of anilines is 1. The average Bonchev–Trinajstić information content (AvgIpc) is 2.65. The maximum Gasteiger partial charge on any atom is 0.333 e. The summed E-state index contributed by atoms with van der Waals surface area (Å²) in [6, 6.07) is 13.2. The number of hydrogen-bond donors (Lipinski definition) is 1. The Morgan fingerprint density at radius 2 is 1.53 bits per heavy atom. The molecule has 0 spiro atoms. The molecule has 0 aliphatic heterocycles. The zero-order valence-electron chi connectivity index (χ0n) is 19.1. The van der Waals surface area contributed by atoms with E-state index in [1.807, 2.05) is 33.9 Å². The summed E-state index contributed by atoms with van der Waals surface area (Å²) in [6.45, 7) is 9.49. The van der Waals surface area contributed by atoms with Crippen LogP contribution >= 0.6 is 11.6 Å². The van der Waals surface area contributed by atoms with E-state index in [2.05, 4.69) is 0 Å². The third kappa shape index (κ3) is 6.96. The first-order chi connectivity index (χ1) is 14.6. The summed E-state index contributed by atoms with van der Waals surface area (Å²) in [4.78, 5) is 11.9. The Kier molecular flexibility index (Phi) is 8.04. The molecule has 0 aromatic heterocycles. The van der Waals surface area contributed by atoms with Gasteiger partial charge in [0.1, 0.15) is 11.5 Å². The van der Waals surface area contributed by atoms with E-state index in [0.29, 0.717) is 22.2 Å². The van der Waals surface area contributed by atoms with Crippen molar-refractivity contribution in [2.24, 2.45) is 0 Å². The van der Waals surface area contributed by atoms with Gasteiger partial charge in [-0.3, -0.25) is 4.31 Å². The van der Waals surface area contributed by atoms with E-state index in [9.17, 15) is 18.3 Å². The lowest BCUT2D eigenvalue weighted by Gasteiger charge is -2.39. The van der Waals surface area contributed by atoms with Crippen molar-refractivity contribution in [3.05, 3.63) is 53.6 Å². The fourth-order valence-electron chi connectivity index (χ4n) is 2.60. The number of carboxylic acid groups (broad SMARTS) is 1. The molecule has 0 heterocycles. The molecule has 1 N–H and O–H groups in total. The van der Waals surface area contributed by atoms with Crippen LogP contribution in [0.4, 0.5) is 5.69 Å². The summed E-state index contributed by atoms with van der Waals surface area (Å²) in [5.41, 5.74) is 0.320. The van der Waals surface area contributed by atoms with Gasteiger partial charge in [0.25, 0.3) is 0 Å². The minimum absolute atomic E-state index is 0.225. The molecule has 0 saturated carbocycles. The monoisotopic (exact) mass is 499 g/mol. The molecule has 7 nitrogen and oxygen atoms in total. The number of aliphatic carboxylic acids is 1. The minimum atomic E-state index is -3.76. The molecular formula is C22H30ClNO6SSi. The largest absolute Gasteiger partial charge is 0.479 e. The number of carboxylic acids is 1. The first-order valence-electron chi connectivity index (χ1n) is 10.0. The standard InChI is InChI=1S/C22H30ClNO6SSi/c1-22(2,3)32(5,6)30-20(21(25)26)15-24(31(4,27)28)17-9-13-19(14-10-17)29-18-11-7-16(23)8-12-18/h7-14,20H,15H2,1-6H3,(H,25,26)/t20-/m1/s1. The highest BCUT2D eigenvalue weighted by atomic mass is 35.5. The summed E-state index contributed by atoms with van der Waals surface area (Å²) in [7, 11) is -6.21. The molecule has 10 heteroatoms. The lowest BCUT2D eigenvalue weighted by Crippen LogP contribution is -2.50. The number of nitrogens with zero attached hydrogens (tertiary/aromatic N) is 1. The van der Waals surface area contributed by atoms with Crippen LogP contribution in [0.3, 0.4) is 0 Å². The molecule has 176 valence electrons. The zero-order chi connectivity index (χ0) is 24.3. The predicted molar refractivity (Wildman–Crippen MR) is 130 cm³/mol. The molecular weight excluding hydrogens is 470 g/mol. The number of carbonyl (C=O) groups is 1. The van der Waals surface area contributed by atoms with E-state index >= 15 is 0 Å². The summed E-state index contributed by atoms with van der Waals surface area (Å²) >= 11 is 5.87. The van der Waals surface area contributed by atoms with Crippen molar-refractivity contribution >= 4 is 41.6 Å². The van der Waals surface area contributed by atoms with Crippen molar-refractivity contribution in [2.75, 3.05) is 17.1 Å². The van der Waals surface area contributed by atoms with Gasteiger partial charge in [0.2, 0.25) is 10.0 Å². The fourth-order valence-corrected chi connectivity index (χ4v) is 4.88. The topological polar surface area (TPSA) is 93.1 Å². The van der Waals surface area contributed by atoms with Crippen molar-refractivity contribution < 1.29 is 27.5 Å². The second-order valence-electron chi connectivity index (χ2n) is 9.05. The van der Waals surface area contributed by atoms with Gasteiger partial charge in [0.05, 0.1) is 18.5 Å². The van der Waals surface area contributed by atoms with Gasteiger partial charge < -0.3 is 14.3 Å². The lowest BCUT2D eigenvalue weighted by molar-refractivity contribution is -0.145. The van der Waals surface area contributed by atoms with Crippen molar-refractivity contribution in [3.63, 3.8) is 0 Å². The number of ether oxygens (including phenoxy) is 1. The van der Waals surface area contributed by atoms with Crippen LogP contribution in [0.25, 0.3) is 0 Å². The summed E-state index contributed by atoms with van der Waals surface area (Å²) < 4.78 is 37.8. The van der Waals surface area contributed by atoms with Gasteiger partial charge in [-0.2, -0.15) is 0 Å². The smallest absolute Gasteiger partial charge is 0.333 e. The maximum atomic E-state index is 12.5. The third-order valence-electron chi connectivity index (χ3n) is 5.42. The highest BCUT2D eigenvalue weighted by Gasteiger charge is 2.41. The Labute approximate surface area is 196 Å². The van der Waals surface area contributed by atoms with Gasteiger partial charge >= 0.3 is 5.97 Å². The molecule has 0 aliphatic rings. The van der Waals surface area contributed by atoms with Crippen LogP contribution in [0.15, 0.2) is 48.5 Å². The number of rotatable bonds is 9. The van der Waals surface area contributed by atoms with E-state index in [4.69, 9.17) is 20.8 Å². The second kappa shape index (κ2) is 9.82. The summed E-state index contributed by atoms with van der Waals surface area (Å²) in [6.07, 6.45) is -0.258. The van der Waals surface area contributed by atoms with Gasteiger partial charge in [-0.05, 0) is 66.7 Å². The van der Waals surface area contributed by atoms with Crippen LogP contribution in [-0.4, -0.2) is 46.7 Å². The molecule has 0 bridgehead atoms. The Morgan fingerprint density at radius 1 is 1.06 bits per heavy atom. The van der Waals surface area contributed by atoms with Crippen LogP contribution in [0, 0.1) is 0 Å². The Hall–Kier alpha value is -2.07. The van der Waals surface area contributed by atoms with Crippen LogP contribution in [0.2, 0.25) is 23.2 Å². The first-order valence-corrected chi connectivity index (χ1v) is 15.2. The normalized spacial score (nSPS) is 13.5. The number of benzene rings is 2. The van der Waals surface area contributed by atoms with E-state index in [1.54, 1.807) is 48.5 Å². The Balaban J connectivity index is 2.27. The van der Waals surface area contributed by atoms with Crippen LogP contribution in [-0.2, 0) is 19.2 Å². The fraction of sp³-hybridized carbons (Fsp3) is 0.409. The Morgan fingerprint density at radius 3 is 1.94 bits per heavy atom. The minimum Gasteiger partial charge on any atom is -0.479 e. The molecule has 0 amide bonds. The van der Waals surface area contributed by atoms with E-state index in [-0.39, 0.29) is 11.6 Å². The highest BCUT2D eigenvalue weighted by Crippen LogP contribution is 2.37. The first kappa shape index (κ1) is 26.2. The van der Waals surface area contributed by atoms with Crippen molar-refractivity contribution in [3.8, 4) is 11.5 Å².